The fourth-order valence-electron chi connectivity index (χ4n) is 7.46. The summed E-state index contributed by atoms with van der Waals surface area (Å²) in [6.45, 7) is 0.658. The van der Waals surface area contributed by atoms with E-state index in [1.807, 2.05) is 29.2 Å². The van der Waals surface area contributed by atoms with E-state index in [9.17, 15) is 14.4 Å². The number of hydrogen-bond acceptors (Lipinski definition) is 5. The van der Waals surface area contributed by atoms with Gasteiger partial charge in [-0.15, -0.1) is 0 Å². The van der Waals surface area contributed by atoms with Crippen molar-refractivity contribution in [3.8, 4) is 17.5 Å². The van der Waals surface area contributed by atoms with Crippen LogP contribution >= 0.6 is 0 Å². The van der Waals surface area contributed by atoms with Crippen molar-refractivity contribution < 1.29 is 13.7 Å². The van der Waals surface area contributed by atoms with Crippen LogP contribution in [0, 0.1) is 27.6 Å². The molecule has 2 aromatic rings. The first-order chi connectivity index (χ1) is 16.8. The van der Waals surface area contributed by atoms with Crippen LogP contribution in [0.5, 0.6) is 0 Å². The van der Waals surface area contributed by atoms with Crippen LogP contribution in [0.25, 0.3) is 11.5 Å². The molecule has 0 radical (unpaired) electrons. The molecule has 0 spiro atoms. The van der Waals surface area contributed by atoms with Gasteiger partial charge in [0.2, 0.25) is 5.91 Å². The number of aromatic nitrogens is 2. The van der Waals surface area contributed by atoms with Gasteiger partial charge in [-0.05, 0) is 99.7 Å². The van der Waals surface area contributed by atoms with E-state index in [0.29, 0.717) is 44.0 Å². The first-order valence-corrected chi connectivity index (χ1v) is 13.2. The third-order valence-electron chi connectivity index (χ3n) is 9.82. The highest BCUT2D eigenvalue weighted by atomic mass is 19.1. The number of nitrogens with zero attached hydrogens (tertiary/aromatic N) is 4. The molecular weight excluding hydrogens is 443 g/mol. The first-order valence-electron chi connectivity index (χ1n) is 13.2. The third kappa shape index (κ3) is 3.51. The Labute approximate surface area is 204 Å². The fraction of sp³-hybridized carbons (Fsp3) is 0.643. The molecule has 9 rings (SSSR count). The molecule has 182 valence electrons. The number of halogens is 1. The van der Waals surface area contributed by atoms with E-state index in [4.69, 9.17) is 4.52 Å². The van der Waals surface area contributed by atoms with Crippen molar-refractivity contribution in [1.82, 2.24) is 10.1 Å². The van der Waals surface area contributed by atoms with Crippen molar-refractivity contribution in [2.24, 2.45) is 16.2 Å². The van der Waals surface area contributed by atoms with Gasteiger partial charge >= 0.3 is 0 Å². The second-order valence-electron chi connectivity index (χ2n) is 12.5. The van der Waals surface area contributed by atoms with Crippen LogP contribution in [0.15, 0.2) is 28.8 Å². The van der Waals surface area contributed by atoms with E-state index in [0.717, 1.165) is 68.4 Å². The Kier molecular flexibility index (Phi) is 4.40. The number of rotatable bonds is 7. The van der Waals surface area contributed by atoms with E-state index in [-0.39, 0.29) is 22.2 Å². The fourth-order valence-corrected chi connectivity index (χ4v) is 7.46. The maximum atomic E-state index is 14.2. The lowest BCUT2D eigenvalue weighted by Crippen LogP contribution is -2.65. The van der Waals surface area contributed by atoms with Crippen LogP contribution in [0.4, 0.5) is 10.1 Å². The predicted molar refractivity (Wildman–Crippen MR) is 127 cm³/mol. The van der Waals surface area contributed by atoms with Crippen molar-refractivity contribution in [2.75, 3.05) is 11.4 Å². The number of benzene rings is 1. The van der Waals surface area contributed by atoms with Crippen LogP contribution < -0.4 is 4.90 Å². The molecule has 7 saturated carbocycles. The number of nitriles is 1. The third-order valence-corrected chi connectivity index (χ3v) is 9.82. The molecule has 7 aliphatic carbocycles. The highest BCUT2D eigenvalue weighted by Gasteiger charge is 2.69. The smallest absolute Gasteiger partial charge is 0.258 e. The number of carbonyl (C=O) groups is 1. The second-order valence-corrected chi connectivity index (χ2v) is 12.5. The molecule has 1 aromatic carbocycles. The molecule has 4 bridgehead atoms. The molecule has 1 heterocycles. The Bertz CT molecular complexity index is 1200. The minimum absolute atomic E-state index is 0.0502. The Morgan fingerprint density at radius 2 is 1.83 bits per heavy atom. The van der Waals surface area contributed by atoms with E-state index in [1.54, 1.807) is 0 Å². The number of carbonyl (C=O) groups excluding carboxylic acids is 1. The monoisotopic (exact) mass is 474 g/mol. The second kappa shape index (κ2) is 7.15. The van der Waals surface area contributed by atoms with Crippen molar-refractivity contribution in [3.63, 3.8) is 0 Å². The van der Waals surface area contributed by atoms with Crippen molar-refractivity contribution in [1.29, 1.82) is 5.26 Å². The summed E-state index contributed by atoms with van der Waals surface area (Å²) in [4.78, 5) is 20.3. The van der Waals surface area contributed by atoms with Crippen molar-refractivity contribution in [2.45, 2.75) is 88.6 Å². The molecule has 1 amide bonds. The molecule has 0 N–H and O–H groups in total. The van der Waals surface area contributed by atoms with Crippen LogP contribution in [0.2, 0.25) is 0 Å². The molecule has 6 nitrogen and oxygen atoms in total. The molecule has 0 aliphatic heterocycles. The van der Waals surface area contributed by atoms with Gasteiger partial charge in [0.15, 0.2) is 5.82 Å². The molecule has 35 heavy (non-hydrogen) atoms. The summed E-state index contributed by atoms with van der Waals surface area (Å²) < 4.78 is 19.7. The Morgan fingerprint density at radius 3 is 2.46 bits per heavy atom. The molecular formula is C28H31FN4O2. The normalized spacial score (nSPS) is 36.7. The number of amides is 1. The van der Waals surface area contributed by atoms with Crippen LogP contribution in [0.3, 0.4) is 0 Å². The van der Waals surface area contributed by atoms with Crippen molar-refractivity contribution >= 4 is 11.6 Å². The zero-order valence-corrected chi connectivity index (χ0v) is 20.1. The summed E-state index contributed by atoms with van der Waals surface area (Å²) in [5.41, 5.74) is 0.413. The Balaban J connectivity index is 1.17. The maximum Gasteiger partial charge on any atom is 0.258 e. The lowest BCUT2D eigenvalue weighted by molar-refractivity contribution is -0.215. The molecule has 0 atom stereocenters. The predicted octanol–water partition coefficient (Wildman–Crippen LogP) is 6.09. The van der Waals surface area contributed by atoms with Gasteiger partial charge in [0.1, 0.15) is 5.67 Å². The molecule has 7 fully saturated rings. The first kappa shape index (κ1) is 21.5. The van der Waals surface area contributed by atoms with Gasteiger partial charge in [0.25, 0.3) is 5.89 Å². The van der Waals surface area contributed by atoms with E-state index >= 15 is 0 Å². The minimum atomic E-state index is -1.01. The average molecular weight is 475 g/mol. The quantitative estimate of drug-likeness (QED) is 0.485. The van der Waals surface area contributed by atoms with Gasteiger partial charge in [-0.2, -0.15) is 10.2 Å². The van der Waals surface area contributed by atoms with Gasteiger partial charge in [-0.1, -0.05) is 11.2 Å². The van der Waals surface area contributed by atoms with E-state index < -0.39 is 5.67 Å². The summed E-state index contributed by atoms with van der Waals surface area (Å²) in [6, 6.07) is 10.5. The van der Waals surface area contributed by atoms with Gasteiger partial charge < -0.3 is 9.42 Å². The van der Waals surface area contributed by atoms with E-state index in [2.05, 4.69) is 16.2 Å². The SMILES string of the molecule is N#CC12CCC(CN(C(=O)CC34CC(F)(C3)C4)c3cccc(-c4nc(C5CC5)no4)c3)(CC1)CC2. The van der Waals surface area contributed by atoms with E-state index in [1.165, 1.54) is 0 Å². The number of anilines is 1. The molecule has 1 aromatic heterocycles. The van der Waals surface area contributed by atoms with Crippen LogP contribution in [-0.4, -0.2) is 28.3 Å². The highest BCUT2D eigenvalue weighted by Crippen LogP contribution is 2.71. The minimum Gasteiger partial charge on any atom is -0.334 e. The lowest BCUT2D eigenvalue weighted by atomic mass is 9.41. The zero-order valence-electron chi connectivity index (χ0n) is 20.1. The van der Waals surface area contributed by atoms with Crippen molar-refractivity contribution in [3.05, 3.63) is 30.1 Å². The molecule has 0 saturated heterocycles. The van der Waals surface area contributed by atoms with Gasteiger partial charge in [0, 0.05) is 30.1 Å². The summed E-state index contributed by atoms with van der Waals surface area (Å²) in [7, 11) is 0. The maximum absolute atomic E-state index is 14.2. The lowest BCUT2D eigenvalue weighted by Gasteiger charge is -2.66. The number of fused-ring (bicyclic) bond motifs is 3. The average Bonchev–Trinajstić information content (AvgIpc) is 3.58. The zero-order chi connectivity index (χ0) is 23.9. The van der Waals surface area contributed by atoms with Crippen LogP contribution in [0.1, 0.15) is 88.8 Å². The molecule has 7 heteroatoms. The summed E-state index contributed by atoms with van der Waals surface area (Å²) in [5, 5.41) is 13.9. The Morgan fingerprint density at radius 1 is 1.11 bits per heavy atom. The number of hydrogen-bond donors (Lipinski definition) is 0. The largest absolute Gasteiger partial charge is 0.334 e. The van der Waals surface area contributed by atoms with Crippen LogP contribution in [-0.2, 0) is 4.79 Å². The van der Waals surface area contributed by atoms with Gasteiger partial charge in [0.05, 0.1) is 11.5 Å². The molecule has 0 unspecified atom stereocenters. The van der Waals surface area contributed by atoms with Gasteiger partial charge in [-0.25, -0.2) is 4.39 Å². The summed E-state index contributed by atoms with van der Waals surface area (Å²) in [6.07, 6.45) is 9.93. The standard InChI is InChI=1S/C28H31FN4O2/c29-28-14-27(15-28,16-28)13-22(34)33(18-26-9-6-25(17-30,7-10-26)8-11-26)21-3-1-2-20(12-21)24-31-23(32-35-24)19-4-5-19/h1-3,12,19H,4-11,13-16,18H2. The summed E-state index contributed by atoms with van der Waals surface area (Å²) in [5.74, 6) is 1.77. The Hall–Kier alpha value is -2.75. The molecule has 7 aliphatic rings. The topological polar surface area (TPSA) is 83.0 Å². The highest BCUT2D eigenvalue weighted by molar-refractivity contribution is 5.94. The summed E-state index contributed by atoms with van der Waals surface area (Å²) >= 11 is 0. The number of alkyl halides is 1. The van der Waals surface area contributed by atoms with Gasteiger partial charge in [-0.3, -0.25) is 4.79 Å².